The molecule has 0 bridgehead atoms. The first-order valence-corrected chi connectivity index (χ1v) is 22.6. The molecule has 0 saturated carbocycles. The summed E-state index contributed by atoms with van der Waals surface area (Å²) in [7, 11) is 0. The summed E-state index contributed by atoms with van der Waals surface area (Å²) in [6.07, 6.45) is 6.11. The zero-order valence-corrected chi connectivity index (χ0v) is 38.2. The van der Waals surface area contributed by atoms with E-state index < -0.39 is 28.9 Å². The van der Waals surface area contributed by atoms with Crippen LogP contribution in [0.2, 0.25) is 0 Å². The fraction of sp³-hybridized carbons (Fsp3) is 0.500. The minimum absolute atomic E-state index is 0.0851. The Hall–Kier alpha value is -4.85. The molecule has 1 aliphatic rings. The number of nitrogens with zero attached hydrogens (tertiary/aromatic N) is 2. The van der Waals surface area contributed by atoms with Crippen molar-refractivity contribution >= 4 is 40.0 Å². The Balaban J connectivity index is 2.12. The molecule has 8 heteroatoms. The van der Waals surface area contributed by atoms with Crippen LogP contribution in [0.5, 0.6) is 11.5 Å². The van der Waals surface area contributed by atoms with Gasteiger partial charge in [0.15, 0.2) is 5.82 Å². The molecule has 1 aliphatic carbocycles. The van der Waals surface area contributed by atoms with Crippen molar-refractivity contribution in [1.29, 1.82) is 0 Å². The average molecular weight is 820 g/mol. The van der Waals surface area contributed by atoms with Crippen molar-refractivity contribution < 1.29 is 24.2 Å². The number of hydrogen-bond acceptors (Lipinski definition) is 7. The third-order valence-electron chi connectivity index (χ3n) is 11.2. The first-order valence-electron chi connectivity index (χ1n) is 22.6. The number of rotatable bonds is 20. The quantitative estimate of drug-likeness (QED) is 0.0532. The highest BCUT2D eigenvalue weighted by Gasteiger charge is 2.44. The topological polar surface area (TPSA) is 93.1 Å². The highest BCUT2D eigenvalue weighted by atomic mass is 19.1. The molecule has 0 spiro atoms. The fourth-order valence-corrected chi connectivity index (χ4v) is 9.01. The number of unbranched alkanes of at least 4 members (excludes halogenated alkanes) is 1. The number of phenols is 2. The van der Waals surface area contributed by atoms with Gasteiger partial charge in [-0.05, 0) is 103 Å². The zero-order chi connectivity index (χ0) is 44.0. The molecule has 7 nitrogen and oxygen atoms in total. The maximum absolute atomic E-state index is 18.2. The molecule has 0 unspecified atom stereocenters. The van der Waals surface area contributed by atoms with E-state index >= 15 is 9.18 Å². The number of nitrogens with one attached hydrogen (secondary N) is 1. The van der Waals surface area contributed by atoms with Gasteiger partial charge in [-0.15, -0.1) is 0 Å². The van der Waals surface area contributed by atoms with Crippen molar-refractivity contribution in [2.24, 2.45) is 23.7 Å². The van der Waals surface area contributed by atoms with Crippen LogP contribution < -0.4 is 15.1 Å². The Morgan fingerprint density at radius 1 is 0.533 bits per heavy atom. The van der Waals surface area contributed by atoms with Gasteiger partial charge in [0.1, 0.15) is 11.5 Å². The van der Waals surface area contributed by atoms with Gasteiger partial charge >= 0.3 is 0 Å². The Labute approximate surface area is 359 Å². The molecule has 0 atom stereocenters. The molecule has 324 valence electrons. The summed E-state index contributed by atoms with van der Waals surface area (Å²) < 4.78 is 18.2. The summed E-state index contributed by atoms with van der Waals surface area (Å²) in [5.41, 5.74) is 6.45. The van der Waals surface area contributed by atoms with Gasteiger partial charge in [-0.1, -0.05) is 119 Å². The third kappa shape index (κ3) is 9.53. The van der Waals surface area contributed by atoms with Crippen LogP contribution in [0.4, 0.5) is 32.8 Å². The molecule has 0 fully saturated rings. The van der Waals surface area contributed by atoms with Crippen LogP contribution >= 0.6 is 0 Å². The van der Waals surface area contributed by atoms with E-state index in [1.165, 1.54) is 12.1 Å². The van der Waals surface area contributed by atoms with Gasteiger partial charge in [0, 0.05) is 31.0 Å². The molecule has 4 aromatic carbocycles. The molecule has 3 N–H and O–H groups in total. The lowest BCUT2D eigenvalue weighted by atomic mass is 9.80. The number of anilines is 5. The number of halogens is 1. The lowest BCUT2D eigenvalue weighted by Crippen LogP contribution is -2.33. The van der Waals surface area contributed by atoms with Gasteiger partial charge in [-0.2, -0.15) is 0 Å². The molecular weight excluding hydrogens is 750 g/mol. The number of hydrogen-bond donors (Lipinski definition) is 3. The number of phenolic OH excluding ortho intramolecular Hbond substituents is 2. The van der Waals surface area contributed by atoms with Gasteiger partial charge in [0.05, 0.1) is 39.3 Å². The molecule has 0 amide bonds. The Bertz CT molecular complexity index is 2110. The third-order valence-corrected chi connectivity index (χ3v) is 11.2. The van der Waals surface area contributed by atoms with Gasteiger partial charge in [0.2, 0.25) is 11.6 Å². The van der Waals surface area contributed by atoms with E-state index in [0.717, 1.165) is 72.2 Å². The van der Waals surface area contributed by atoms with Gasteiger partial charge in [-0.25, -0.2) is 4.39 Å². The highest BCUT2D eigenvalue weighted by Crippen LogP contribution is 2.54. The standard InChI is InChI=1S/C52H70FN3O4/c1-12-15-24-54-46-45(53)43-44(52(60)42-40(58)23-22-39(57)41(42)51(43)59)49(55(25-13-2)47-35(27-31(4)5)18-16-19-36(47)28-32(6)7)50(46)56(26-14-3)48-37(29-33(8)9)20-17-21-38(48)30-34(10)11/h16-23,31-34,54,57-58H,12-15,24-30H2,1-11H3. The first kappa shape index (κ1) is 46.2. The van der Waals surface area contributed by atoms with Crippen LogP contribution in [0, 0.1) is 29.5 Å². The molecule has 0 radical (unpaired) electrons. The molecule has 5 rings (SSSR count). The number of fused-ring (bicyclic) bond motifs is 2. The Morgan fingerprint density at radius 2 is 0.917 bits per heavy atom. The van der Waals surface area contributed by atoms with E-state index in [9.17, 15) is 15.0 Å². The monoisotopic (exact) mass is 820 g/mol. The largest absolute Gasteiger partial charge is 0.507 e. The van der Waals surface area contributed by atoms with Gasteiger partial charge in [-0.3, -0.25) is 9.59 Å². The number of carbonyl (C=O) groups is 2. The van der Waals surface area contributed by atoms with Crippen molar-refractivity contribution in [2.75, 3.05) is 34.8 Å². The van der Waals surface area contributed by atoms with E-state index in [0.29, 0.717) is 67.5 Å². The minimum Gasteiger partial charge on any atom is -0.507 e. The minimum atomic E-state index is -0.825. The van der Waals surface area contributed by atoms with Crippen molar-refractivity contribution in [3.63, 3.8) is 0 Å². The number of carbonyl (C=O) groups excluding carboxylic acids is 2. The summed E-state index contributed by atoms with van der Waals surface area (Å²) in [5, 5.41) is 26.0. The second kappa shape index (κ2) is 20.1. The predicted molar refractivity (Wildman–Crippen MR) is 248 cm³/mol. The van der Waals surface area contributed by atoms with E-state index in [-0.39, 0.29) is 27.9 Å². The van der Waals surface area contributed by atoms with E-state index in [4.69, 9.17) is 0 Å². The molecule has 0 heterocycles. The molecule has 0 aromatic heterocycles. The number of ketones is 2. The summed E-state index contributed by atoms with van der Waals surface area (Å²) >= 11 is 0. The summed E-state index contributed by atoms with van der Waals surface area (Å²) in [6, 6.07) is 15.3. The summed E-state index contributed by atoms with van der Waals surface area (Å²) in [5.74, 6) is -1.98. The molecule has 4 aromatic rings. The first-order chi connectivity index (χ1) is 28.6. The van der Waals surface area contributed by atoms with Crippen LogP contribution in [0.15, 0.2) is 48.5 Å². The van der Waals surface area contributed by atoms with E-state index in [2.05, 4.69) is 128 Å². The zero-order valence-electron chi connectivity index (χ0n) is 38.2. The normalized spacial score (nSPS) is 12.5. The maximum Gasteiger partial charge on any atom is 0.201 e. The number of para-hydroxylation sites is 2. The van der Waals surface area contributed by atoms with Crippen LogP contribution in [0.1, 0.15) is 156 Å². The average Bonchev–Trinajstić information content (AvgIpc) is 3.16. The van der Waals surface area contributed by atoms with Crippen molar-refractivity contribution in [1.82, 2.24) is 0 Å². The van der Waals surface area contributed by atoms with Crippen LogP contribution in [-0.2, 0) is 25.7 Å². The number of aromatic hydroxyl groups is 2. The van der Waals surface area contributed by atoms with Gasteiger partial charge in [0.25, 0.3) is 0 Å². The molecule has 0 aliphatic heterocycles. The smallest absolute Gasteiger partial charge is 0.201 e. The highest BCUT2D eigenvalue weighted by molar-refractivity contribution is 6.33. The van der Waals surface area contributed by atoms with Crippen molar-refractivity contribution in [3.05, 3.63) is 98.9 Å². The summed E-state index contributed by atoms with van der Waals surface area (Å²) in [6.45, 7) is 25.3. The lowest BCUT2D eigenvalue weighted by Gasteiger charge is -2.40. The predicted octanol–water partition coefficient (Wildman–Crippen LogP) is 13.1. The van der Waals surface area contributed by atoms with Crippen LogP contribution in [-0.4, -0.2) is 41.4 Å². The molecular formula is C52H70FN3O4. The molecule has 60 heavy (non-hydrogen) atoms. The molecule has 0 saturated heterocycles. The SMILES string of the molecule is CCCCNc1c(F)c2c(c(N(CCC)c3c(CC(C)C)cccc3CC(C)C)c1N(CCC)c1c(CC(C)C)cccc1CC(C)C)C(=O)c1c(O)ccc(O)c1C2=O. The Morgan fingerprint density at radius 3 is 1.28 bits per heavy atom. The van der Waals surface area contributed by atoms with E-state index in [1.807, 2.05) is 0 Å². The van der Waals surface area contributed by atoms with Crippen molar-refractivity contribution in [3.8, 4) is 11.5 Å². The van der Waals surface area contributed by atoms with E-state index in [1.54, 1.807) is 0 Å². The van der Waals surface area contributed by atoms with Crippen molar-refractivity contribution in [2.45, 2.75) is 128 Å². The van der Waals surface area contributed by atoms with Crippen LogP contribution in [0.3, 0.4) is 0 Å². The Kier molecular flexibility index (Phi) is 15.5. The maximum atomic E-state index is 18.2. The van der Waals surface area contributed by atoms with Gasteiger partial charge < -0.3 is 25.3 Å². The second-order valence-electron chi connectivity index (χ2n) is 18.5. The second-order valence-corrected chi connectivity index (χ2v) is 18.5. The number of benzene rings is 4. The fourth-order valence-electron chi connectivity index (χ4n) is 9.01. The van der Waals surface area contributed by atoms with Crippen LogP contribution in [0.25, 0.3) is 0 Å². The summed E-state index contributed by atoms with van der Waals surface area (Å²) in [4.78, 5) is 34.9. The lowest BCUT2D eigenvalue weighted by molar-refractivity contribution is 0.0971.